The van der Waals surface area contributed by atoms with Crippen molar-refractivity contribution in [1.29, 1.82) is 0 Å². The van der Waals surface area contributed by atoms with Crippen molar-refractivity contribution in [1.82, 2.24) is 24.5 Å². The molecule has 3 heterocycles. The number of nitrogens with zero attached hydrogens (tertiary/aromatic N) is 5. The van der Waals surface area contributed by atoms with E-state index in [1.165, 1.54) is 6.07 Å². The van der Waals surface area contributed by atoms with Crippen LogP contribution in [0.4, 0.5) is 8.78 Å². The van der Waals surface area contributed by atoms with E-state index in [1.807, 2.05) is 38.1 Å². The third-order valence-electron chi connectivity index (χ3n) is 4.89. The second-order valence-electron chi connectivity index (χ2n) is 7.13. The van der Waals surface area contributed by atoms with Crippen LogP contribution in [0.2, 0.25) is 0 Å². The van der Waals surface area contributed by atoms with Gasteiger partial charge in [-0.3, -0.25) is 4.68 Å². The molecule has 0 aliphatic carbocycles. The van der Waals surface area contributed by atoms with Crippen LogP contribution in [-0.4, -0.2) is 24.5 Å². The Hall–Kier alpha value is -3.09. The molecular weight excluding hydrogens is 360 g/mol. The van der Waals surface area contributed by atoms with Crippen molar-refractivity contribution in [3.8, 4) is 11.3 Å². The highest BCUT2D eigenvalue weighted by atomic mass is 19.3. The van der Waals surface area contributed by atoms with E-state index in [9.17, 15) is 8.78 Å². The molecule has 5 nitrogen and oxygen atoms in total. The smallest absolute Gasteiger partial charge is 0.264 e. The van der Waals surface area contributed by atoms with Crippen molar-refractivity contribution in [3.63, 3.8) is 0 Å². The molecular formula is C21H21F2N5. The first-order valence-electron chi connectivity index (χ1n) is 9.06. The van der Waals surface area contributed by atoms with Gasteiger partial charge in [0.05, 0.1) is 29.0 Å². The molecule has 0 N–H and O–H groups in total. The fourth-order valence-electron chi connectivity index (χ4n) is 3.52. The Kier molecular flexibility index (Phi) is 4.45. The summed E-state index contributed by atoms with van der Waals surface area (Å²) in [6.07, 6.45) is -0.816. The number of hydrogen-bond acceptors (Lipinski definition) is 3. The number of aryl methyl sites for hydroxylation is 4. The van der Waals surface area contributed by atoms with Crippen LogP contribution in [0.25, 0.3) is 22.3 Å². The van der Waals surface area contributed by atoms with Gasteiger partial charge in [-0.2, -0.15) is 10.2 Å². The van der Waals surface area contributed by atoms with Crippen molar-refractivity contribution in [2.75, 3.05) is 0 Å². The zero-order chi connectivity index (χ0) is 20.0. The lowest BCUT2D eigenvalue weighted by atomic mass is 10.1. The molecule has 0 radical (unpaired) electrons. The third-order valence-corrected chi connectivity index (χ3v) is 4.89. The van der Waals surface area contributed by atoms with E-state index in [1.54, 1.807) is 29.5 Å². The predicted molar refractivity (Wildman–Crippen MR) is 104 cm³/mol. The first-order chi connectivity index (χ1) is 13.3. The van der Waals surface area contributed by atoms with Crippen LogP contribution >= 0.6 is 0 Å². The Morgan fingerprint density at radius 3 is 2.32 bits per heavy atom. The van der Waals surface area contributed by atoms with Gasteiger partial charge in [0.15, 0.2) is 5.65 Å². The summed E-state index contributed by atoms with van der Waals surface area (Å²) in [6.45, 7) is 6.08. The SMILES string of the molecule is Cc1ccc(Cn2nc(C)c3c(C(F)F)cc(-c4cn(C)nc4C)nc32)cc1. The molecule has 4 rings (SSSR count). The normalized spacial score (nSPS) is 11.7. The van der Waals surface area contributed by atoms with Gasteiger partial charge >= 0.3 is 0 Å². The van der Waals surface area contributed by atoms with Crippen LogP contribution in [0.5, 0.6) is 0 Å². The summed E-state index contributed by atoms with van der Waals surface area (Å²) in [6, 6.07) is 9.54. The van der Waals surface area contributed by atoms with Crippen LogP contribution in [0, 0.1) is 20.8 Å². The summed E-state index contributed by atoms with van der Waals surface area (Å²) < 4.78 is 31.1. The first-order valence-corrected chi connectivity index (χ1v) is 9.06. The van der Waals surface area contributed by atoms with E-state index in [2.05, 4.69) is 10.2 Å². The van der Waals surface area contributed by atoms with E-state index < -0.39 is 6.43 Å². The molecule has 4 aromatic rings. The molecule has 0 atom stereocenters. The number of pyridine rings is 1. The van der Waals surface area contributed by atoms with Crippen LogP contribution in [0.1, 0.15) is 34.5 Å². The minimum atomic E-state index is -2.61. The second kappa shape index (κ2) is 6.82. The number of fused-ring (bicyclic) bond motifs is 1. The van der Waals surface area contributed by atoms with Gasteiger partial charge in [0.25, 0.3) is 6.43 Å². The van der Waals surface area contributed by atoms with Gasteiger partial charge in [0, 0.05) is 24.4 Å². The zero-order valence-corrected chi connectivity index (χ0v) is 16.2. The Morgan fingerprint density at radius 1 is 1.00 bits per heavy atom. The lowest BCUT2D eigenvalue weighted by Gasteiger charge is -2.08. The van der Waals surface area contributed by atoms with E-state index >= 15 is 0 Å². The first kappa shape index (κ1) is 18.3. The fourth-order valence-corrected chi connectivity index (χ4v) is 3.52. The highest BCUT2D eigenvalue weighted by Gasteiger charge is 2.22. The molecule has 0 unspecified atom stereocenters. The Morgan fingerprint density at radius 2 is 1.71 bits per heavy atom. The second-order valence-corrected chi connectivity index (χ2v) is 7.13. The van der Waals surface area contributed by atoms with E-state index in [4.69, 9.17) is 4.98 Å². The van der Waals surface area contributed by atoms with Gasteiger partial charge in [-0.05, 0) is 32.4 Å². The summed E-state index contributed by atoms with van der Waals surface area (Å²) in [5.41, 5.74) is 5.15. The molecule has 0 fully saturated rings. The quantitative estimate of drug-likeness (QED) is 0.513. The average Bonchev–Trinajstić information content (AvgIpc) is 3.15. The van der Waals surface area contributed by atoms with Crippen molar-refractivity contribution in [3.05, 3.63) is 64.6 Å². The molecule has 0 amide bonds. The van der Waals surface area contributed by atoms with Crippen molar-refractivity contribution in [2.24, 2.45) is 7.05 Å². The summed E-state index contributed by atoms with van der Waals surface area (Å²) >= 11 is 0. The summed E-state index contributed by atoms with van der Waals surface area (Å²) in [5.74, 6) is 0. The van der Waals surface area contributed by atoms with E-state index in [0.717, 1.165) is 22.4 Å². The van der Waals surface area contributed by atoms with Crippen LogP contribution in [-0.2, 0) is 13.6 Å². The molecule has 0 saturated carbocycles. The van der Waals surface area contributed by atoms with E-state index in [-0.39, 0.29) is 5.56 Å². The van der Waals surface area contributed by atoms with Gasteiger partial charge in [-0.15, -0.1) is 0 Å². The summed E-state index contributed by atoms with van der Waals surface area (Å²) in [4.78, 5) is 4.71. The molecule has 0 aliphatic heterocycles. The number of halogens is 2. The maximum absolute atomic E-state index is 13.9. The number of aromatic nitrogens is 5. The van der Waals surface area contributed by atoms with Crippen LogP contribution in [0.15, 0.2) is 36.5 Å². The molecule has 0 spiro atoms. The number of benzene rings is 1. The third kappa shape index (κ3) is 3.17. The average molecular weight is 381 g/mol. The van der Waals surface area contributed by atoms with Gasteiger partial charge < -0.3 is 0 Å². The minimum absolute atomic E-state index is 0.0455. The lowest BCUT2D eigenvalue weighted by Crippen LogP contribution is -2.04. The monoisotopic (exact) mass is 381 g/mol. The van der Waals surface area contributed by atoms with Crippen LogP contribution in [0.3, 0.4) is 0 Å². The largest absolute Gasteiger partial charge is 0.275 e. The maximum Gasteiger partial charge on any atom is 0.264 e. The van der Waals surface area contributed by atoms with Gasteiger partial charge in [-0.25, -0.2) is 18.4 Å². The van der Waals surface area contributed by atoms with Gasteiger partial charge in [0.2, 0.25) is 0 Å². The molecule has 144 valence electrons. The highest BCUT2D eigenvalue weighted by Crippen LogP contribution is 2.33. The minimum Gasteiger partial charge on any atom is -0.275 e. The molecule has 3 aromatic heterocycles. The van der Waals surface area contributed by atoms with Crippen LogP contribution < -0.4 is 0 Å². The standard InChI is InChI=1S/C21H21F2N5/c1-12-5-7-15(8-6-12)10-28-21-19(14(3)26-28)16(20(22)23)9-18(24-21)17-11-27(4)25-13(17)2/h5-9,11,20H,10H2,1-4H3. The molecule has 0 bridgehead atoms. The van der Waals surface area contributed by atoms with Crippen molar-refractivity contribution in [2.45, 2.75) is 33.7 Å². The lowest BCUT2D eigenvalue weighted by molar-refractivity contribution is 0.153. The number of hydrogen-bond donors (Lipinski definition) is 0. The van der Waals surface area contributed by atoms with Gasteiger partial charge in [-0.1, -0.05) is 29.8 Å². The topological polar surface area (TPSA) is 48.5 Å². The molecule has 1 aromatic carbocycles. The zero-order valence-electron chi connectivity index (χ0n) is 16.2. The maximum atomic E-state index is 13.9. The summed E-state index contributed by atoms with van der Waals surface area (Å²) in [5, 5.41) is 9.25. The Balaban J connectivity index is 1.92. The molecule has 28 heavy (non-hydrogen) atoms. The number of rotatable bonds is 4. The highest BCUT2D eigenvalue weighted by molar-refractivity contribution is 5.85. The van der Waals surface area contributed by atoms with E-state index in [0.29, 0.717) is 29.0 Å². The molecule has 0 saturated heterocycles. The molecule has 0 aliphatic rings. The number of alkyl halides is 2. The van der Waals surface area contributed by atoms with Crippen molar-refractivity contribution < 1.29 is 8.78 Å². The fraction of sp³-hybridized carbons (Fsp3) is 0.286. The Bertz CT molecular complexity index is 1160. The van der Waals surface area contributed by atoms with Crippen molar-refractivity contribution >= 4 is 11.0 Å². The molecule has 7 heteroatoms. The van der Waals surface area contributed by atoms with Gasteiger partial charge in [0.1, 0.15) is 0 Å². The summed E-state index contributed by atoms with van der Waals surface area (Å²) in [7, 11) is 1.80. The Labute approximate surface area is 161 Å². The predicted octanol–water partition coefficient (Wildman–Crippen LogP) is 4.74.